The van der Waals surface area contributed by atoms with Gasteiger partial charge in [0.05, 0.1) is 31.0 Å². The molecule has 0 amide bonds. The molecule has 1 unspecified atom stereocenters. The summed E-state index contributed by atoms with van der Waals surface area (Å²) in [6, 6.07) is 4.27. The van der Waals surface area contributed by atoms with Gasteiger partial charge >= 0.3 is 0 Å². The fourth-order valence-corrected chi connectivity index (χ4v) is 3.02. The molecule has 21 heavy (non-hydrogen) atoms. The summed E-state index contributed by atoms with van der Waals surface area (Å²) in [6.07, 6.45) is 7.41. The minimum atomic E-state index is 0.349. The number of benzene rings is 1. The molecule has 5 heteroatoms. The van der Waals surface area contributed by atoms with E-state index in [1.54, 1.807) is 7.11 Å². The van der Waals surface area contributed by atoms with Crippen molar-refractivity contribution >= 4 is 11.6 Å². The second-order valence-electron chi connectivity index (χ2n) is 5.46. The normalized spacial score (nSPS) is 18.7. The standard InChI is InChI=1S/C16H20ClN3O/c1-11-7-14(16(21-2)8-12(11)17)20-10-18-9-15(20)13-5-3-4-6-19-13/h7-10,13,19H,3-6H2,1-2H3. The molecule has 1 aliphatic heterocycles. The highest BCUT2D eigenvalue weighted by Crippen LogP contribution is 2.32. The SMILES string of the molecule is COc1cc(Cl)c(C)cc1-n1cncc1C1CCCCN1. The molecule has 0 saturated carbocycles. The molecule has 1 fully saturated rings. The van der Waals surface area contributed by atoms with Crippen molar-refractivity contribution in [1.82, 2.24) is 14.9 Å². The number of ether oxygens (including phenoxy) is 1. The molecule has 0 aliphatic carbocycles. The molecule has 2 heterocycles. The van der Waals surface area contributed by atoms with E-state index in [4.69, 9.17) is 16.3 Å². The molecule has 0 radical (unpaired) electrons. The van der Waals surface area contributed by atoms with Crippen molar-refractivity contribution in [2.24, 2.45) is 0 Å². The van der Waals surface area contributed by atoms with Crippen LogP contribution in [-0.2, 0) is 0 Å². The smallest absolute Gasteiger partial charge is 0.144 e. The monoisotopic (exact) mass is 305 g/mol. The highest BCUT2D eigenvalue weighted by molar-refractivity contribution is 6.31. The van der Waals surface area contributed by atoms with Crippen molar-refractivity contribution in [3.05, 3.63) is 40.9 Å². The van der Waals surface area contributed by atoms with Crippen molar-refractivity contribution in [1.29, 1.82) is 0 Å². The first-order valence-corrected chi connectivity index (χ1v) is 7.68. The number of nitrogens with one attached hydrogen (secondary N) is 1. The molecule has 1 aliphatic rings. The van der Waals surface area contributed by atoms with Gasteiger partial charge in [-0.25, -0.2) is 4.98 Å². The maximum absolute atomic E-state index is 6.20. The van der Waals surface area contributed by atoms with Gasteiger partial charge in [0.15, 0.2) is 0 Å². The van der Waals surface area contributed by atoms with E-state index in [1.807, 2.05) is 25.5 Å². The number of nitrogens with zero attached hydrogens (tertiary/aromatic N) is 2. The maximum Gasteiger partial charge on any atom is 0.144 e. The van der Waals surface area contributed by atoms with Gasteiger partial charge in [-0.15, -0.1) is 0 Å². The summed E-state index contributed by atoms with van der Waals surface area (Å²) >= 11 is 6.20. The Bertz CT molecular complexity index is 632. The van der Waals surface area contributed by atoms with E-state index in [0.29, 0.717) is 11.1 Å². The Kier molecular flexibility index (Phi) is 4.17. The van der Waals surface area contributed by atoms with Crippen LogP contribution in [0.5, 0.6) is 5.75 Å². The summed E-state index contributed by atoms with van der Waals surface area (Å²) in [7, 11) is 1.67. The zero-order valence-corrected chi connectivity index (χ0v) is 13.2. The molecule has 1 saturated heterocycles. The minimum Gasteiger partial charge on any atom is -0.495 e. The summed E-state index contributed by atoms with van der Waals surface area (Å²) in [5.74, 6) is 0.764. The molecule has 0 bridgehead atoms. The van der Waals surface area contributed by atoms with Crippen molar-refractivity contribution < 1.29 is 4.74 Å². The predicted octanol–water partition coefficient (Wildman–Crippen LogP) is 3.66. The summed E-state index contributed by atoms with van der Waals surface area (Å²) < 4.78 is 7.60. The van der Waals surface area contributed by atoms with Crippen LogP contribution in [0.15, 0.2) is 24.7 Å². The number of halogens is 1. The summed E-state index contributed by atoms with van der Waals surface area (Å²) in [4.78, 5) is 4.34. The molecule has 3 rings (SSSR count). The zero-order chi connectivity index (χ0) is 14.8. The first kappa shape index (κ1) is 14.4. The molecule has 1 aromatic carbocycles. The van der Waals surface area contributed by atoms with Crippen LogP contribution in [0.1, 0.15) is 36.6 Å². The van der Waals surface area contributed by atoms with E-state index >= 15 is 0 Å². The predicted molar refractivity (Wildman–Crippen MR) is 84.5 cm³/mol. The first-order chi connectivity index (χ1) is 10.2. The zero-order valence-electron chi connectivity index (χ0n) is 12.4. The van der Waals surface area contributed by atoms with E-state index in [0.717, 1.165) is 30.0 Å². The molecule has 1 atom stereocenters. The summed E-state index contributed by atoms with van der Waals surface area (Å²) in [6.45, 7) is 3.06. The largest absolute Gasteiger partial charge is 0.495 e. The number of aromatic nitrogens is 2. The van der Waals surface area contributed by atoms with Crippen LogP contribution in [0, 0.1) is 6.92 Å². The Hall–Kier alpha value is -1.52. The van der Waals surface area contributed by atoms with Gasteiger partial charge in [0, 0.05) is 17.1 Å². The number of aryl methyl sites for hydroxylation is 1. The van der Waals surface area contributed by atoms with Gasteiger partial charge in [-0.1, -0.05) is 18.0 Å². The van der Waals surface area contributed by atoms with Crippen molar-refractivity contribution in [3.63, 3.8) is 0 Å². The van der Waals surface area contributed by atoms with Crippen LogP contribution in [0.25, 0.3) is 5.69 Å². The lowest BCUT2D eigenvalue weighted by molar-refractivity contribution is 0.396. The quantitative estimate of drug-likeness (QED) is 0.940. The number of hydrogen-bond acceptors (Lipinski definition) is 3. The number of imidazole rings is 1. The molecule has 112 valence electrons. The van der Waals surface area contributed by atoms with Crippen LogP contribution in [0.2, 0.25) is 5.02 Å². The number of hydrogen-bond donors (Lipinski definition) is 1. The Balaban J connectivity index is 2.05. The highest BCUT2D eigenvalue weighted by Gasteiger charge is 2.20. The van der Waals surface area contributed by atoms with Gasteiger partial charge in [0.1, 0.15) is 5.75 Å². The lowest BCUT2D eigenvalue weighted by Crippen LogP contribution is -2.28. The average molecular weight is 306 g/mol. The number of methoxy groups -OCH3 is 1. The molecule has 2 aromatic rings. The highest BCUT2D eigenvalue weighted by atomic mass is 35.5. The van der Waals surface area contributed by atoms with Crippen LogP contribution in [0.4, 0.5) is 0 Å². The minimum absolute atomic E-state index is 0.349. The van der Waals surface area contributed by atoms with Gasteiger partial charge in [-0.2, -0.15) is 0 Å². The van der Waals surface area contributed by atoms with Gasteiger partial charge in [-0.3, -0.25) is 4.57 Å². The second kappa shape index (κ2) is 6.08. The molecule has 4 nitrogen and oxygen atoms in total. The van der Waals surface area contributed by atoms with Crippen molar-refractivity contribution in [2.75, 3.05) is 13.7 Å². The first-order valence-electron chi connectivity index (χ1n) is 7.31. The van der Waals surface area contributed by atoms with E-state index in [9.17, 15) is 0 Å². The third-order valence-electron chi connectivity index (χ3n) is 4.05. The van der Waals surface area contributed by atoms with Gasteiger partial charge in [0.2, 0.25) is 0 Å². The molecular formula is C16H20ClN3O. The van der Waals surface area contributed by atoms with Crippen LogP contribution in [0.3, 0.4) is 0 Å². The van der Waals surface area contributed by atoms with Gasteiger partial charge in [0.25, 0.3) is 0 Å². The van der Waals surface area contributed by atoms with E-state index in [2.05, 4.69) is 20.9 Å². The van der Waals surface area contributed by atoms with Crippen LogP contribution in [-0.4, -0.2) is 23.2 Å². The Morgan fingerprint density at radius 2 is 2.24 bits per heavy atom. The third-order valence-corrected chi connectivity index (χ3v) is 4.46. The Morgan fingerprint density at radius 3 is 2.95 bits per heavy atom. The van der Waals surface area contributed by atoms with E-state index in [1.165, 1.54) is 18.5 Å². The second-order valence-corrected chi connectivity index (χ2v) is 5.87. The molecule has 0 spiro atoms. The van der Waals surface area contributed by atoms with Gasteiger partial charge in [-0.05, 0) is 37.9 Å². The fourth-order valence-electron chi connectivity index (χ4n) is 2.87. The fraction of sp³-hybridized carbons (Fsp3) is 0.438. The average Bonchev–Trinajstić information content (AvgIpc) is 2.99. The molecule has 1 N–H and O–H groups in total. The Morgan fingerprint density at radius 1 is 1.38 bits per heavy atom. The van der Waals surface area contributed by atoms with E-state index in [-0.39, 0.29) is 0 Å². The Labute approximate surface area is 130 Å². The molecule has 1 aromatic heterocycles. The van der Waals surface area contributed by atoms with Crippen LogP contribution >= 0.6 is 11.6 Å². The van der Waals surface area contributed by atoms with Crippen molar-refractivity contribution in [2.45, 2.75) is 32.2 Å². The number of piperidine rings is 1. The third kappa shape index (κ3) is 2.78. The van der Waals surface area contributed by atoms with Crippen LogP contribution < -0.4 is 10.1 Å². The van der Waals surface area contributed by atoms with E-state index < -0.39 is 0 Å². The summed E-state index contributed by atoms with van der Waals surface area (Å²) in [5.41, 5.74) is 3.19. The topological polar surface area (TPSA) is 39.1 Å². The van der Waals surface area contributed by atoms with Crippen molar-refractivity contribution in [3.8, 4) is 11.4 Å². The lowest BCUT2D eigenvalue weighted by atomic mass is 10.0. The molecular weight excluding hydrogens is 286 g/mol. The number of rotatable bonds is 3. The lowest BCUT2D eigenvalue weighted by Gasteiger charge is -2.25. The summed E-state index contributed by atoms with van der Waals surface area (Å²) in [5, 5.41) is 4.28. The maximum atomic E-state index is 6.20. The van der Waals surface area contributed by atoms with Gasteiger partial charge < -0.3 is 10.1 Å².